The molecule has 2 rings (SSSR count). The van der Waals surface area contributed by atoms with Crippen LogP contribution in [-0.4, -0.2) is 21.0 Å². The first kappa shape index (κ1) is 13.1. The number of nitrogens with one attached hydrogen (secondary N) is 1. The molecular weight excluding hydrogens is 244 g/mol. The quantitative estimate of drug-likeness (QED) is 0.662. The van der Waals surface area contributed by atoms with Crippen LogP contribution in [0.2, 0.25) is 0 Å². The van der Waals surface area contributed by atoms with E-state index in [0.29, 0.717) is 17.9 Å². The van der Waals surface area contributed by atoms with Crippen LogP contribution in [0, 0.1) is 17.0 Å². The van der Waals surface area contributed by atoms with E-state index in [4.69, 9.17) is 0 Å². The number of nitrogens with zero attached hydrogens (tertiary/aromatic N) is 3. The Balaban J connectivity index is 2.55. The molecule has 0 atom stereocenters. The molecule has 0 aliphatic carbocycles. The van der Waals surface area contributed by atoms with Crippen LogP contribution in [0.5, 0.6) is 0 Å². The molecule has 100 valence electrons. The van der Waals surface area contributed by atoms with E-state index in [-0.39, 0.29) is 10.6 Å². The maximum Gasteiger partial charge on any atom is 0.316 e. The van der Waals surface area contributed by atoms with Gasteiger partial charge in [0.1, 0.15) is 17.2 Å². The molecule has 0 aliphatic rings. The van der Waals surface area contributed by atoms with E-state index in [1.54, 1.807) is 35.2 Å². The lowest BCUT2D eigenvalue weighted by Crippen LogP contribution is -2.07. The number of rotatable bonds is 5. The molecule has 0 saturated carbocycles. The second-order valence-electron chi connectivity index (χ2n) is 4.20. The molecule has 0 aliphatic heterocycles. The molecule has 1 heterocycles. The number of nitro benzene ring substituents is 1. The van der Waals surface area contributed by atoms with Crippen molar-refractivity contribution >= 4 is 11.4 Å². The molecule has 6 heteroatoms. The van der Waals surface area contributed by atoms with E-state index in [2.05, 4.69) is 10.3 Å². The van der Waals surface area contributed by atoms with Crippen LogP contribution in [0.1, 0.15) is 19.2 Å². The van der Waals surface area contributed by atoms with Gasteiger partial charge in [0, 0.05) is 18.9 Å². The second kappa shape index (κ2) is 5.51. The summed E-state index contributed by atoms with van der Waals surface area (Å²) in [5.74, 6) is 0.718. The third-order valence-corrected chi connectivity index (χ3v) is 2.85. The number of anilines is 1. The Morgan fingerprint density at radius 3 is 2.84 bits per heavy atom. The molecule has 0 fully saturated rings. The highest BCUT2D eigenvalue weighted by Crippen LogP contribution is 2.31. The Hall–Kier alpha value is -2.37. The minimum Gasteiger partial charge on any atom is -0.379 e. The van der Waals surface area contributed by atoms with Gasteiger partial charge in [-0.25, -0.2) is 4.98 Å². The van der Waals surface area contributed by atoms with Crippen molar-refractivity contribution in [1.82, 2.24) is 9.55 Å². The molecule has 1 N–H and O–H groups in total. The molecular formula is C13H16N4O2. The second-order valence-corrected chi connectivity index (χ2v) is 4.20. The summed E-state index contributed by atoms with van der Waals surface area (Å²) in [7, 11) is 0. The fourth-order valence-electron chi connectivity index (χ4n) is 1.95. The molecule has 0 radical (unpaired) electrons. The highest BCUT2D eigenvalue weighted by molar-refractivity contribution is 5.71. The van der Waals surface area contributed by atoms with E-state index in [9.17, 15) is 10.1 Å². The summed E-state index contributed by atoms with van der Waals surface area (Å²) >= 11 is 0. The van der Waals surface area contributed by atoms with Gasteiger partial charge in [0.05, 0.1) is 4.92 Å². The fraction of sp³-hybridized carbons (Fsp3) is 0.308. The summed E-state index contributed by atoms with van der Waals surface area (Å²) in [6, 6.07) is 5.26. The fourth-order valence-corrected chi connectivity index (χ4v) is 1.95. The van der Waals surface area contributed by atoms with E-state index in [1.807, 2.05) is 13.8 Å². The lowest BCUT2D eigenvalue weighted by atomic mass is 10.2. The largest absolute Gasteiger partial charge is 0.379 e. The average molecular weight is 260 g/mol. The Bertz CT molecular complexity index is 592. The lowest BCUT2D eigenvalue weighted by molar-refractivity contribution is -0.383. The predicted octanol–water partition coefficient (Wildman–Crippen LogP) is 2.91. The van der Waals surface area contributed by atoms with Gasteiger partial charge in [0.15, 0.2) is 0 Å². The molecule has 19 heavy (non-hydrogen) atoms. The molecule has 0 unspecified atom stereocenters. The van der Waals surface area contributed by atoms with Crippen molar-refractivity contribution < 1.29 is 4.92 Å². The van der Waals surface area contributed by atoms with Crippen LogP contribution in [0.25, 0.3) is 5.69 Å². The Labute approximate surface area is 111 Å². The monoisotopic (exact) mass is 260 g/mol. The van der Waals surface area contributed by atoms with Gasteiger partial charge < -0.3 is 5.32 Å². The Kier molecular flexibility index (Phi) is 3.79. The summed E-state index contributed by atoms with van der Waals surface area (Å²) in [5, 5.41) is 14.4. The van der Waals surface area contributed by atoms with Crippen LogP contribution >= 0.6 is 0 Å². The van der Waals surface area contributed by atoms with Crippen molar-refractivity contribution in [3.8, 4) is 5.69 Å². The van der Waals surface area contributed by atoms with Crippen molar-refractivity contribution in [3.63, 3.8) is 0 Å². The molecule has 0 bridgehead atoms. The van der Waals surface area contributed by atoms with Gasteiger partial charge in [-0.2, -0.15) is 0 Å². The average Bonchev–Trinajstić information content (AvgIpc) is 2.81. The number of aromatic nitrogens is 2. The van der Waals surface area contributed by atoms with Crippen molar-refractivity contribution in [3.05, 3.63) is 46.5 Å². The van der Waals surface area contributed by atoms with Crippen LogP contribution in [0.4, 0.5) is 11.4 Å². The van der Waals surface area contributed by atoms with Gasteiger partial charge in [-0.05, 0) is 25.5 Å². The summed E-state index contributed by atoms with van der Waals surface area (Å²) in [6.07, 6.45) is 4.26. The predicted molar refractivity (Wildman–Crippen MR) is 73.7 cm³/mol. The Morgan fingerprint density at radius 1 is 1.47 bits per heavy atom. The van der Waals surface area contributed by atoms with Crippen LogP contribution in [-0.2, 0) is 0 Å². The van der Waals surface area contributed by atoms with E-state index < -0.39 is 0 Å². The molecule has 6 nitrogen and oxygen atoms in total. The minimum atomic E-state index is -0.354. The SMILES string of the molecule is CCCNc1cccc(-n2ccnc2C)c1[N+](=O)[O-]. The number of benzene rings is 1. The summed E-state index contributed by atoms with van der Waals surface area (Å²) < 4.78 is 1.72. The van der Waals surface area contributed by atoms with Crippen molar-refractivity contribution in [2.75, 3.05) is 11.9 Å². The third-order valence-electron chi connectivity index (χ3n) is 2.85. The first-order valence-corrected chi connectivity index (χ1v) is 6.16. The van der Waals surface area contributed by atoms with Crippen LogP contribution in [0.3, 0.4) is 0 Å². The number of aryl methyl sites for hydroxylation is 1. The molecule has 0 spiro atoms. The van der Waals surface area contributed by atoms with Gasteiger partial charge in [-0.1, -0.05) is 13.0 Å². The van der Waals surface area contributed by atoms with Crippen LogP contribution in [0.15, 0.2) is 30.6 Å². The van der Waals surface area contributed by atoms with E-state index >= 15 is 0 Å². The lowest BCUT2D eigenvalue weighted by Gasteiger charge is -2.11. The smallest absolute Gasteiger partial charge is 0.316 e. The zero-order chi connectivity index (χ0) is 13.8. The van der Waals surface area contributed by atoms with E-state index in [1.165, 1.54) is 0 Å². The highest BCUT2D eigenvalue weighted by atomic mass is 16.6. The maximum atomic E-state index is 11.3. The highest BCUT2D eigenvalue weighted by Gasteiger charge is 2.21. The zero-order valence-corrected chi connectivity index (χ0v) is 11.0. The maximum absolute atomic E-state index is 11.3. The van der Waals surface area contributed by atoms with Gasteiger partial charge in [0.25, 0.3) is 0 Å². The van der Waals surface area contributed by atoms with Gasteiger partial charge in [0.2, 0.25) is 0 Å². The molecule has 1 aromatic carbocycles. The number of para-hydroxylation sites is 1. The van der Waals surface area contributed by atoms with Gasteiger partial charge in [-0.3, -0.25) is 14.7 Å². The number of nitro groups is 1. The third kappa shape index (κ3) is 2.57. The molecule has 1 aromatic heterocycles. The van der Waals surface area contributed by atoms with Crippen molar-refractivity contribution in [2.24, 2.45) is 0 Å². The number of hydrogen-bond acceptors (Lipinski definition) is 4. The zero-order valence-electron chi connectivity index (χ0n) is 11.0. The number of hydrogen-bond donors (Lipinski definition) is 1. The summed E-state index contributed by atoms with van der Waals surface area (Å²) in [4.78, 5) is 15.1. The van der Waals surface area contributed by atoms with Gasteiger partial charge >= 0.3 is 5.69 Å². The topological polar surface area (TPSA) is 73.0 Å². The normalized spacial score (nSPS) is 10.4. The van der Waals surface area contributed by atoms with Gasteiger partial charge in [-0.15, -0.1) is 0 Å². The molecule has 2 aromatic rings. The summed E-state index contributed by atoms with van der Waals surface area (Å²) in [5.41, 5.74) is 1.15. The number of imidazole rings is 1. The summed E-state index contributed by atoms with van der Waals surface area (Å²) in [6.45, 7) is 4.53. The Morgan fingerprint density at radius 2 is 2.26 bits per heavy atom. The first-order chi connectivity index (χ1) is 9.15. The molecule has 0 saturated heterocycles. The standard InChI is InChI=1S/C13H16N4O2/c1-3-7-15-11-5-4-6-12(13(11)17(18)19)16-9-8-14-10(16)2/h4-6,8-9,15H,3,7H2,1-2H3. The minimum absolute atomic E-state index is 0.0806. The van der Waals surface area contributed by atoms with E-state index in [0.717, 1.165) is 12.2 Å². The van der Waals surface area contributed by atoms with Crippen LogP contribution < -0.4 is 5.32 Å². The van der Waals surface area contributed by atoms with Crippen molar-refractivity contribution in [1.29, 1.82) is 0 Å². The first-order valence-electron chi connectivity index (χ1n) is 6.16. The molecule has 0 amide bonds. The van der Waals surface area contributed by atoms with Crippen molar-refractivity contribution in [2.45, 2.75) is 20.3 Å².